The molecule has 1 amide bonds. The van der Waals surface area contributed by atoms with Gasteiger partial charge in [-0.05, 0) is 6.07 Å². The number of rotatable bonds is 2. The molecule has 3 heterocycles. The van der Waals surface area contributed by atoms with Crippen LogP contribution in [0, 0.1) is 0 Å². The SMILES string of the molecule is O=C(N[C@H]1CCOc2ccccc21)c1cnc2sccn2c1=O. The van der Waals surface area contributed by atoms with Crippen molar-refractivity contribution in [3.05, 3.63) is 63.5 Å². The first-order chi connectivity index (χ1) is 11.2. The van der Waals surface area contributed by atoms with Gasteiger partial charge >= 0.3 is 0 Å². The molecule has 4 rings (SSSR count). The Kier molecular flexibility index (Phi) is 3.34. The average Bonchev–Trinajstić information content (AvgIpc) is 3.05. The fraction of sp³-hybridized carbons (Fsp3) is 0.188. The number of hydrogen-bond donors (Lipinski definition) is 1. The van der Waals surface area contributed by atoms with E-state index in [1.807, 2.05) is 24.3 Å². The van der Waals surface area contributed by atoms with Gasteiger partial charge in [0.2, 0.25) is 0 Å². The van der Waals surface area contributed by atoms with E-state index < -0.39 is 5.91 Å². The highest BCUT2D eigenvalue weighted by Gasteiger charge is 2.24. The quantitative estimate of drug-likeness (QED) is 0.781. The largest absolute Gasteiger partial charge is 0.493 e. The van der Waals surface area contributed by atoms with Gasteiger partial charge in [-0.15, -0.1) is 11.3 Å². The summed E-state index contributed by atoms with van der Waals surface area (Å²) >= 11 is 1.35. The molecule has 6 nitrogen and oxygen atoms in total. The third-order valence-electron chi connectivity index (χ3n) is 3.85. The van der Waals surface area contributed by atoms with Crippen LogP contribution in [0.25, 0.3) is 4.96 Å². The van der Waals surface area contributed by atoms with Crippen LogP contribution in [-0.4, -0.2) is 21.9 Å². The second-order valence-electron chi connectivity index (χ2n) is 5.23. The van der Waals surface area contributed by atoms with E-state index in [-0.39, 0.29) is 17.2 Å². The molecule has 3 aromatic rings. The van der Waals surface area contributed by atoms with Crippen LogP contribution < -0.4 is 15.6 Å². The van der Waals surface area contributed by atoms with E-state index in [1.54, 1.807) is 11.6 Å². The Balaban J connectivity index is 1.65. The number of amides is 1. The monoisotopic (exact) mass is 327 g/mol. The Morgan fingerprint density at radius 2 is 2.26 bits per heavy atom. The lowest BCUT2D eigenvalue weighted by Gasteiger charge is -2.26. The second kappa shape index (κ2) is 5.51. The number of fused-ring (bicyclic) bond motifs is 2. The molecule has 23 heavy (non-hydrogen) atoms. The minimum atomic E-state index is -0.412. The van der Waals surface area contributed by atoms with Gasteiger partial charge in [-0.2, -0.15) is 0 Å². The molecule has 0 radical (unpaired) electrons. The summed E-state index contributed by atoms with van der Waals surface area (Å²) in [5.41, 5.74) is 0.621. The van der Waals surface area contributed by atoms with E-state index in [1.165, 1.54) is 21.9 Å². The van der Waals surface area contributed by atoms with E-state index in [9.17, 15) is 9.59 Å². The van der Waals surface area contributed by atoms with Gasteiger partial charge in [0.1, 0.15) is 11.3 Å². The number of para-hydroxylation sites is 1. The van der Waals surface area contributed by atoms with Crippen molar-refractivity contribution in [1.29, 1.82) is 0 Å². The number of benzene rings is 1. The van der Waals surface area contributed by atoms with Crippen molar-refractivity contribution in [2.24, 2.45) is 0 Å². The summed E-state index contributed by atoms with van der Waals surface area (Å²) in [5.74, 6) is 0.358. The van der Waals surface area contributed by atoms with Crippen LogP contribution in [0.3, 0.4) is 0 Å². The van der Waals surface area contributed by atoms with E-state index in [4.69, 9.17) is 4.74 Å². The Hall–Kier alpha value is -2.67. The zero-order chi connectivity index (χ0) is 15.8. The van der Waals surface area contributed by atoms with Gasteiger partial charge in [0, 0.05) is 29.8 Å². The molecule has 1 atom stereocenters. The molecule has 0 unspecified atom stereocenters. The van der Waals surface area contributed by atoms with Gasteiger partial charge < -0.3 is 10.1 Å². The third kappa shape index (κ3) is 2.39. The predicted octanol–water partition coefficient (Wildman–Crippen LogP) is 2.01. The highest BCUT2D eigenvalue weighted by Crippen LogP contribution is 2.31. The molecule has 2 aromatic heterocycles. The molecule has 0 saturated carbocycles. The summed E-state index contributed by atoms with van der Waals surface area (Å²) in [5, 5.41) is 4.68. The van der Waals surface area contributed by atoms with Gasteiger partial charge in [0.25, 0.3) is 11.5 Å². The van der Waals surface area contributed by atoms with Gasteiger partial charge in [0.15, 0.2) is 4.96 Å². The van der Waals surface area contributed by atoms with Crippen molar-refractivity contribution >= 4 is 22.2 Å². The molecule has 0 saturated heterocycles. The zero-order valence-corrected chi connectivity index (χ0v) is 12.9. The maximum atomic E-state index is 12.5. The van der Waals surface area contributed by atoms with Crippen LogP contribution >= 0.6 is 11.3 Å². The molecule has 1 aromatic carbocycles. The number of carbonyl (C=O) groups excluding carboxylic acids is 1. The fourth-order valence-corrected chi connectivity index (χ4v) is 3.38. The lowest BCUT2D eigenvalue weighted by molar-refractivity contribution is 0.0922. The number of nitrogens with zero attached hydrogens (tertiary/aromatic N) is 2. The molecule has 1 aliphatic heterocycles. The number of aromatic nitrogens is 2. The molecule has 1 aliphatic rings. The van der Waals surface area contributed by atoms with Crippen LogP contribution in [-0.2, 0) is 0 Å². The van der Waals surface area contributed by atoms with Crippen molar-refractivity contribution in [2.45, 2.75) is 12.5 Å². The third-order valence-corrected chi connectivity index (χ3v) is 4.62. The number of hydrogen-bond acceptors (Lipinski definition) is 5. The first-order valence-corrected chi connectivity index (χ1v) is 8.09. The summed E-state index contributed by atoms with van der Waals surface area (Å²) in [6.07, 6.45) is 3.63. The van der Waals surface area contributed by atoms with Crippen LogP contribution in [0.2, 0.25) is 0 Å². The van der Waals surface area contributed by atoms with Crippen molar-refractivity contribution in [3.63, 3.8) is 0 Å². The second-order valence-corrected chi connectivity index (χ2v) is 6.11. The Morgan fingerprint density at radius 3 is 3.17 bits per heavy atom. The van der Waals surface area contributed by atoms with Crippen molar-refractivity contribution in [3.8, 4) is 5.75 Å². The molecule has 0 spiro atoms. The van der Waals surface area contributed by atoms with Crippen molar-refractivity contribution in [1.82, 2.24) is 14.7 Å². The molecule has 0 aliphatic carbocycles. The van der Waals surface area contributed by atoms with Gasteiger partial charge in [-0.1, -0.05) is 18.2 Å². The highest BCUT2D eigenvalue weighted by molar-refractivity contribution is 7.15. The number of nitrogens with one attached hydrogen (secondary N) is 1. The molecule has 7 heteroatoms. The van der Waals surface area contributed by atoms with Crippen molar-refractivity contribution < 1.29 is 9.53 Å². The van der Waals surface area contributed by atoms with Crippen LogP contribution in [0.5, 0.6) is 5.75 Å². The van der Waals surface area contributed by atoms with E-state index in [0.717, 1.165) is 11.3 Å². The maximum Gasteiger partial charge on any atom is 0.271 e. The summed E-state index contributed by atoms with van der Waals surface area (Å²) in [7, 11) is 0. The summed E-state index contributed by atoms with van der Waals surface area (Å²) in [6, 6.07) is 7.42. The highest BCUT2D eigenvalue weighted by atomic mass is 32.1. The average molecular weight is 327 g/mol. The van der Waals surface area contributed by atoms with Crippen LogP contribution in [0.15, 0.2) is 46.8 Å². The van der Waals surface area contributed by atoms with Gasteiger partial charge in [-0.25, -0.2) is 4.98 Å². The molecular formula is C16H13N3O3S. The molecule has 0 bridgehead atoms. The number of thiazole rings is 1. The lowest BCUT2D eigenvalue weighted by atomic mass is 10.0. The zero-order valence-electron chi connectivity index (χ0n) is 12.1. The number of carbonyl (C=O) groups is 1. The number of ether oxygens (including phenoxy) is 1. The first kappa shape index (κ1) is 14.0. The minimum Gasteiger partial charge on any atom is -0.493 e. The predicted molar refractivity (Wildman–Crippen MR) is 86.1 cm³/mol. The van der Waals surface area contributed by atoms with E-state index in [0.29, 0.717) is 18.0 Å². The van der Waals surface area contributed by atoms with E-state index >= 15 is 0 Å². The summed E-state index contributed by atoms with van der Waals surface area (Å²) < 4.78 is 6.97. The fourth-order valence-electron chi connectivity index (χ4n) is 2.71. The standard InChI is InChI=1S/C16H13N3O3S/c20-14(11-9-17-16-19(15(11)21)6-8-23-16)18-12-5-7-22-13-4-2-1-3-10(12)13/h1-4,6,8-9,12H,5,7H2,(H,18,20)/t12-/m0/s1. The van der Waals surface area contributed by atoms with E-state index in [2.05, 4.69) is 10.3 Å². The Bertz CT molecular complexity index is 947. The summed E-state index contributed by atoms with van der Waals surface area (Å²) in [6.45, 7) is 0.531. The first-order valence-electron chi connectivity index (χ1n) is 7.21. The van der Waals surface area contributed by atoms with Crippen LogP contribution in [0.4, 0.5) is 0 Å². The molecular weight excluding hydrogens is 314 g/mol. The van der Waals surface area contributed by atoms with Crippen molar-refractivity contribution in [2.75, 3.05) is 6.61 Å². The Morgan fingerprint density at radius 1 is 1.39 bits per heavy atom. The molecule has 0 fully saturated rings. The molecule has 116 valence electrons. The topological polar surface area (TPSA) is 72.7 Å². The van der Waals surface area contributed by atoms with Crippen LogP contribution in [0.1, 0.15) is 28.4 Å². The molecule has 1 N–H and O–H groups in total. The minimum absolute atomic E-state index is 0.0462. The van der Waals surface area contributed by atoms with Gasteiger partial charge in [0.05, 0.1) is 12.6 Å². The smallest absolute Gasteiger partial charge is 0.271 e. The lowest BCUT2D eigenvalue weighted by Crippen LogP contribution is -2.35. The normalized spacial score (nSPS) is 16.6. The maximum absolute atomic E-state index is 12.5. The van der Waals surface area contributed by atoms with Gasteiger partial charge in [-0.3, -0.25) is 14.0 Å². The Labute approximate surface area is 135 Å². The summed E-state index contributed by atoms with van der Waals surface area (Å²) in [4.78, 5) is 29.6.